The molecule has 0 spiro atoms. The van der Waals surface area contributed by atoms with Crippen molar-refractivity contribution in [1.82, 2.24) is 10.3 Å². The van der Waals surface area contributed by atoms with Gasteiger partial charge in [0, 0.05) is 32.2 Å². The van der Waals surface area contributed by atoms with Crippen LogP contribution in [0.1, 0.15) is 22.5 Å². The third-order valence-corrected chi connectivity index (χ3v) is 3.26. The minimum absolute atomic E-state index is 0.607. The highest BCUT2D eigenvalue weighted by atomic mass is 32.1. The Labute approximate surface area is 101 Å². The van der Waals surface area contributed by atoms with Crippen molar-refractivity contribution in [1.29, 1.82) is 0 Å². The highest BCUT2D eigenvalue weighted by Gasteiger charge is 2.08. The van der Waals surface area contributed by atoms with Gasteiger partial charge in [0.05, 0.1) is 18.9 Å². The first-order chi connectivity index (χ1) is 7.81. The lowest BCUT2D eigenvalue weighted by molar-refractivity contribution is 0.184. The van der Waals surface area contributed by atoms with E-state index in [-0.39, 0.29) is 0 Å². The molecule has 0 saturated heterocycles. The normalized spacial score (nSPS) is 10.9. The van der Waals surface area contributed by atoms with Crippen LogP contribution in [0.3, 0.4) is 0 Å². The average Bonchev–Trinajstić information content (AvgIpc) is 2.67. The van der Waals surface area contributed by atoms with Gasteiger partial charge in [0.1, 0.15) is 5.01 Å². The molecule has 0 aliphatic rings. The lowest BCUT2D eigenvalue weighted by Gasteiger charge is -2.02. The van der Waals surface area contributed by atoms with Crippen LogP contribution in [-0.4, -0.2) is 32.4 Å². The van der Waals surface area contributed by atoms with E-state index in [1.54, 1.807) is 25.6 Å². The van der Waals surface area contributed by atoms with E-state index in [4.69, 9.17) is 9.47 Å². The van der Waals surface area contributed by atoms with E-state index in [2.05, 4.69) is 17.2 Å². The Morgan fingerprint density at radius 3 is 2.75 bits per heavy atom. The first kappa shape index (κ1) is 13.6. The number of thiazole rings is 1. The van der Waals surface area contributed by atoms with Gasteiger partial charge in [0.2, 0.25) is 0 Å². The van der Waals surface area contributed by atoms with Crippen LogP contribution < -0.4 is 5.32 Å². The van der Waals surface area contributed by atoms with Gasteiger partial charge in [-0.05, 0) is 6.42 Å². The summed E-state index contributed by atoms with van der Waals surface area (Å²) in [5, 5.41) is 4.40. The number of ether oxygens (including phenoxy) is 2. The zero-order valence-corrected chi connectivity index (χ0v) is 11.0. The standard InChI is InChI=1S/C11H20N2O2S/c1-4-9-10(7-12-5-6-14-2)16-11(13-9)8-15-3/h12H,4-8H2,1-3H3. The number of hydrogen-bond acceptors (Lipinski definition) is 5. The highest BCUT2D eigenvalue weighted by molar-refractivity contribution is 7.11. The molecular weight excluding hydrogens is 224 g/mol. The largest absolute Gasteiger partial charge is 0.383 e. The van der Waals surface area contributed by atoms with Gasteiger partial charge in [0.15, 0.2) is 0 Å². The van der Waals surface area contributed by atoms with Crippen LogP contribution in [0.25, 0.3) is 0 Å². The van der Waals surface area contributed by atoms with E-state index in [1.165, 1.54) is 10.6 Å². The van der Waals surface area contributed by atoms with Crippen molar-refractivity contribution < 1.29 is 9.47 Å². The molecule has 0 atom stereocenters. The van der Waals surface area contributed by atoms with Crippen LogP contribution in [-0.2, 0) is 29.0 Å². The number of rotatable bonds is 8. The Balaban J connectivity index is 2.49. The maximum atomic E-state index is 5.09. The monoisotopic (exact) mass is 244 g/mol. The lowest BCUT2D eigenvalue weighted by atomic mass is 10.3. The van der Waals surface area contributed by atoms with Crippen LogP contribution in [0.5, 0.6) is 0 Å². The summed E-state index contributed by atoms with van der Waals surface area (Å²) in [6, 6.07) is 0. The second-order valence-corrected chi connectivity index (χ2v) is 4.60. The van der Waals surface area contributed by atoms with E-state index in [1.807, 2.05) is 0 Å². The summed E-state index contributed by atoms with van der Waals surface area (Å²) in [7, 11) is 3.41. The molecule has 1 rings (SSSR count). The van der Waals surface area contributed by atoms with Crippen LogP contribution >= 0.6 is 11.3 Å². The molecule has 5 heteroatoms. The molecule has 0 aromatic carbocycles. The second-order valence-electron chi connectivity index (χ2n) is 3.43. The molecule has 0 aliphatic carbocycles. The zero-order valence-electron chi connectivity index (χ0n) is 10.2. The lowest BCUT2D eigenvalue weighted by Crippen LogP contribution is -2.18. The van der Waals surface area contributed by atoms with Crippen LogP contribution in [0.15, 0.2) is 0 Å². The molecule has 1 N–H and O–H groups in total. The van der Waals surface area contributed by atoms with Gasteiger partial charge in [-0.3, -0.25) is 0 Å². The Kier molecular flexibility index (Phi) is 6.56. The number of nitrogens with one attached hydrogen (secondary N) is 1. The SMILES string of the molecule is CCc1nc(COC)sc1CNCCOC. The highest BCUT2D eigenvalue weighted by Crippen LogP contribution is 2.19. The predicted octanol–water partition coefficient (Wildman–Crippen LogP) is 1.59. The number of methoxy groups -OCH3 is 2. The van der Waals surface area contributed by atoms with E-state index >= 15 is 0 Å². The van der Waals surface area contributed by atoms with Gasteiger partial charge in [-0.15, -0.1) is 11.3 Å². The Bertz CT molecular complexity index is 302. The molecule has 0 unspecified atom stereocenters. The molecular formula is C11H20N2O2S. The minimum Gasteiger partial charge on any atom is -0.383 e. The molecule has 0 amide bonds. The van der Waals surface area contributed by atoms with Crippen LogP contribution in [0.2, 0.25) is 0 Å². The summed E-state index contributed by atoms with van der Waals surface area (Å²) in [4.78, 5) is 5.85. The molecule has 1 aromatic heterocycles. The first-order valence-electron chi connectivity index (χ1n) is 5.47. The molecule has 0 fully saturated rings. The quantitative estimate of drug-likeness (QED) is 0.705. The van der Waals surface area contributed by atoms with Crippen molar-refractivity contribution in [3.63, 3.8) is 0 Å². The van der Waals surface area contributed by atoms with Crippen molar-refractivity contribution in [2.24, 2.45) is 0 Å². The summed E-state index contributed by atoms with van der Waals surface area (Å²) in [5.74, 6) is 0. The van der Waals surface area contributed by atoms with Gasteiger partial charge in [-0.1, -0.05) is 6.92 Å². The fraction of sp³-hybridized carbons (Fsp3) is 0.727. The molecule has 92 valence electrons. The number of aromatic nitrogens is 1. The fourth-order valence-electron chi connectivity index (χ4n) is 1.41. The van der Waals surface area contributed by atoms with E-state index < -0.39 is 0 Å². The summed E-state index contributed by atoms with van der Waals surface area (Å²) < 4.78 is 10.1. The predicted molar refractivity (Wildman–Crippen MR) is 65.8 cm³/mol. The van der Waals surface area contributed by atoms with Gasteiger partial charge in [0.25, 0.3) is 0 Å². The topological polar surface area (TPSA) is 43.4 Å². The zero-order chi connectivity index (χ0) is 11.8. The van der Waals surface area contributed by atoms with E-state index in [9.17, 15) is 0 Å². The van der Waals surface area contributed by atoms with Crippen molar-refractivity contribution in [3.8, 4) is 0 Å². The molecule has 0 aliphatic heterocycles. The Hall–Kier alpha value is -0.490. The number of aryl methyl sites for hydroxylation is 1. The van der Waals surface area contributed by atoms with Gasteiger partial charge >= 0.3 is 0 Å². The summed E-state index contributed by atoms with van der Waals surface area (Å²) in [5.41, 5.74) is 1.18. The molecule has 4 nitrogen and oxygen atoms in total. The van der Waals surface area contributed by atoms with Crippen LogP contribution in [0.4, 0.5) is 0 Å². The molecule has 1 heterocycles. The Morgan fingerprint density at radius 2 is 2.12 bits per heavy atom. The molecule has 16 heavy (non-hydrogen) atoms. The average molecular weight is 244 g/mol. The third-order valence-electron chi connectivity index (χ3n) is 2.19. The smallest absolute Gasteiger partial charge is 0.119 e. The maximum absolute atomic E-state index is 5.09. The number of hydrogen-bond donors (Lipinski definition) is 1. The van der Waals surface area contributed by atoms with Crippen LogP contribution in [0, 0.1) is 0 Å². The first-order valence-corrected chi connectivity index (χ1v) is 6.29. The molecule has 1 aromatic rings. The van der Waals surface area contributed by atoms with Crippen molar-refractivity contribution >= 4 is 11.3 Å². The summed E-state index contributed by atoms with van der Waals surface area (Å²) >= 11 is 1.73. The summed E-state index contributed by atoms with van der Waals surface area (Å²) in [6.45, 7) is 5.22. The van der Waals surface area contributed by atoms with Gasteiger partial charge in [-0.2, -0.15) is 0 Å². The van der Waals surface area contributed by atoms with Gasteiger partial charge < -0.3 is 14.8 Å². The van der Waals surface area contributed by atoms with Crippen molar-refractivity contribution in [2.45, 2.75) is 26.5 Å². The number of nitrogens with zero attached hydrogens (tertiary/aromatic N) is 1. The minimum atomic E-state index is 0.607. The molecule has 0 bridgehead atoms. The molecule has 0 saturated carbocycles. The summed E-state index contributed by atoms with van der Waals surface area (Å²) in [6.07, 6.45) is 0.974. The second kappa shape index (κ2) is 7.73. The third kappa shape index (κ3) is 4.17. The van der Waals surface area contributed by atoms with Crippen molar-refractivity contribution in [3.05, 3.63) is 15.6 Å². The van der Waals surface area contributed by atoms with Gasteiger partial charge in [-0.25, -0.2) is 4.98 Å². The fourth-order valence-corrected chi connectivity index (χ4v) is 2.51. The van der Waals surface area contributed by atoms with E-state index in [0.29, 0.717) is 6.61 Å². The maximum Gasteiger partial charge on any atom is 0.119 e. The molecule has 0 radical (unpaired) electrons. The Morgan fingerprint density at radius 1 is 1.31 bits per heavy atom. The van der Waals surface area contributed by atoms with Crippen molar-refractivity contribution in [2.75, 3.05) is 27.4 Å². The van der Waals surface area contributed by atoms with E-state index in [0.717, 1.165) is 31.1 Å².